The van der Waals surface area contributed by atoms with E-state index in [1.807, 2.05) is 0 Å². The van der Waals surface area contributed by atoms with Crippen LogP contribution in [0.25, 0.3) is 99.1 Å². The van der Waals surface area contributed by atoms with Crippen molar-refractivity contribution in [3.8, 4) is 50.2 Å². The van der Waals surface area contributed by atoms with Gasteiger partial charge >= 0.3 is 0 Å². The number of hydrogen-bond donors (Lipinski definition) is 0. The maximum absolute atomic E-state index is 2.53. The topological polar surface area (TPSA) is 8.17 Å². The van der Waals surface area contributed by atoms with Gasteiger partial charge in [-0.2, -0.15) is 0 Å². The second-order valence-corrected chi connectivity index (χ2v) is 23.6. The Balaban J connectivity index is 0.728. The van der Waals surface area contributed by atoms with E-state index in [0.29, 0.717) is 5.92 Å². The van der Waals surface area contributed by atoms with Gasteiger partial charge < -0.3 is 9.47 Å². The summed E-state index contributed by atoms with van der Waals surface area (Å²) in [5.41, 5.74) is 22.7. The molecule has 2 nitrogen and oxygen atoms in total. The summed E-state index contributed by atoms with van der Waals surface area (Å²) in [6, 6.07) is 88.6. The Kier molecular flexibility index (Phi) is 11.6. The minimum absolute atomic E-state index is 0.0138. The summed E-state index contributed by atoms with van der Waals surface area (Å²) in [6.07, 6.45) is 16.5. The van der Waals surface area contributed by atoms with Gasteiger partial charge in [-0.05, 0) is 166 Å². The molecule has 0 spiro atoms. The molecule has 4 unspecified atom stereocenters. The number of benzene rings is 11. The third-order valence-electron chi connectivity index (χ3n) is 17.8. The summed E-state index contributed by atoms with van der Waals surface area (Å²) in [5.74, 6) is 0.866. The molecule has 0 saturated heterocycles. The maximum atomic E-state index is 2.53. The van der Waals surface area contributed by atoms with Gasteiger partial charge in [0.25, 0.3) is 0 Å². The van der Waals surface area contributed by atoms with Crippen molar-refractivity contribution in [3.63, 3.8) is 0 Å². The molecule has 1 aliphatic heterocycles. The van der Waals surface area contributed by atoms with Crippen LogP contribution in [0.2, 0.25) is 0 Å². The van der Waals surface area contributed by atoms with Gasteiger partial charge in [0, 0.05) is 39.7 Å². The monoisotopic (exact) mass is 1040 g/mol. The van der Waals surface area contributed by atoms with Gasteiger partial charge in [-0.15, -0.1) is 0 Å². The van der Waals surface area contributed by atoms with E-state index >= 15 is 0 Å². The van der Waals surface area contributed by atoms with Crippen LogP contribution in [0.3, 0.4) is 0 Å². The molecule has 1 aromatic heterocycles. The van der Waals surface area contributed by atoms with Crippen LogP contribution < -0.4 is 4.90 Å². The molecular formula is C79H62N2. The molecule has 2 heterocycles. The standard InChI is InChI=1S/C79H62N2/c1-51-47-60(39-43-64(51)56-35-31-55(32-36-56)59-41-46-76-71(49-59)66-22-14-16-26-74(66)81(76)63-19-9-6-10-20-63)78-68-24-12-11-23-67(68)77(69-44-42-61(50-72(69)78)79(2,3)4)57-37-33-53(34-38-57)52-27-29-54(30-28-52)58-40-45-75-70(48-58)65-21-13-15-25-73(65)80(75)62-17-7-5-8-18-62/h5-51,64-65,73H,1-4H3. The van der Waals surface area contributed by atoms with E-state index < -0.39 is 0 Å². The normalized spacial score (nSPS) is 17.5. The molecule has 0 radical (unpaired) electrons. The average molecular weight is 1040 g/mol. The lowest BCUT2D eigenvalue weighted by Gasteiger charge is -2.28. The number of allylic oxidation sites excluding steroid dienone is 6. The Morgan fingerprint density at radius 1 is 0.383 bits per heavy atom. The van der Waals surface area contributed by atoms with E-state index in [9.17, 15) is 0 Å². The van der Waals surface area contributed by atoms with Crippen molar-refractivity contribution in [2.24, 2.45) is 5.92 Å². The minimum Gasteiger partial charge on any atom is -0.333 e. The predicted molar refractivity (Wildman–Crippen MR) is 345 cm³/mol. The highest BCUT2D eigenvalue weighted by Gasteiger charge is 2.37. The average Bonchev–Trinajstić information content (AvgIpc) is 4.06. The summed E-state index contributed by atoms with van der Waals surface area (Å²) in [5, 5.41) is 7.68. The summed E-state index contributed by atoms with van der Waals surface area (Å²) in [6.45, 7) is 9.37. The first kappa shape index (κ1) is 48.6. The summed E-state index contributed by atoms with van der Waals surface area (Å²) >= 11 is 0. The molecule has 0 bridgehead atoms. The fraction of sp³-hybridized carbons (Fsp3) is 0.114. The first-order valence-corrected chi connectivity index (χ1v) is 28.8. The van der Waals surface area contributed by atoms with Crippen LogP contribution in [0.1, 0.15) is 61.8 Å². The van der Waals surface area contributed by atoms with Crippen LogP contribution in [-0.4, -0.2) is 10.6 Å². The van der Waals surface area contributed by atoms with Crippen molar-refractivity contribution in [2.75, 3.05) is 4.90 Å². The van der Waals surface area contributed by atoms with Gasteiger partial charge in [0.2, 0.25) is 0 Å². The number of anilines is 2. The number of para-hydroxylation sites is 3. The quantitative estimate of drug-likeness (QED) is 0.138. The smallest absolute Gasteiger partial charge is 0.0629 e. The highest BCUT2D eigenvalue weighted by Crippen LogP contribution is 2.50. The minimum atomic E-state index is -0.0138. The van der Waals surface area contributed by atoms with Crippen LogP contribution >= 0.6 is 0 Å². The Hall–Kier alpha value is -9.50. The van der Waals surface area contributed by atoms with E-state index in [2.05, 4.69) is 316 Å². The number of hydrogen-bond acceptors (Lipinski definition) is 1. The molecule has 15 rings (SSSR count). The van der Waals surface area contributed by atoms with E-state index in [-0.39, 0.29) is 23.3 Å². The number of rotatable bonds is 8. The second kappa shape index (κ2) is 19.4. The molecular weight excluding hydrogens is 977 g/mol. The second-order valence-electron chi connectivity index (χ2n) is 23.6. The van der Waals surface area contributed by atoms with E-state index in [0.717, 1.165) is 0 Å². The molecule has 388 valence electrons. The van der Waals surface area contributed by atoms with Crippen molar-refractivity contribution in [1.82, 2.24) is 4.57 Å². The molecule has 0 saturated carbocycles. The van der Waals surface area contributed by atoms with Crippen molar-refractivity contribution >= 4 is 60.3 Å². The van der Waals surface area contributed by atoms with Gasteiger partial charge in [-0.3, -0.25) is 0 Å². The Labute approximate surface area is 475 Å². The van der Waals surface area contributed by atoms with Crippen molar-refractivity contribution in [1.29, 1.82) is 0 Å². The summed E-state index contributed by atoms with van der Waals surface area (Å²) in [4.78, 5) is 2.50. The molecule has 4 atom stereocenters. The number of aromatic nitrogens is 1. The molecule has 12 aromatic rings. The van der Waals surface area contributed by atoms with E-state index in [4.69, 9.17) is 0 Å². The first-order chi connectivity index (χ1) is 39.7. The highest BCUT2D eigenvalue weighted by atomic mass is 15.2. The van der Waals surface area contributed by atoms with Crippen molar-refractivity contribution in [3.05, 3.63) is 301 Å². The zero-order chi connectivity index (χ0) is 54.3. The molecule has 2 aliphatic carbocycles. The fourth-order valence-electron chi connectivity index (χ4n) is 13.7. The number of fused-ring (bicyclic) bond motifs is 8. The van der Waals surface area contributed by atoms with Crippen LogP contribution in [0.4, 0.5) is 11.4 Å². The largest absolute Gasteiger partial charge is 0.333 e. The van der Waals surface area contributed by atoms with Crippen LogP contribution in [0, 0.1) is 5.92 Å². The zero-order valence-corrected chi connectivity index (χ0v) is 46.3. The van der Waals surface area contributed by atoms with E-state index in [1.165, 1.54) is 133 Å². The van der Waals surface area contributed by atoms with E-state index in [1.54, 1.807) is 0 Å². The molecule has 0 amide bonds. The summed E-state index contributed by atoms with van der Waals surface area (Å²) < 4.78 is 2.38. The predicted octanol–water partition coefficient (Wildman–Crippen LogP) is 21.2. The Bertz CT molecular complexity index is 4540. The van der Waals surface area contributed by atoms with Gasteiger partial charge in [0.15, 0.2) is 0 Å². The van der Waals surface area contributed by atoms with Crippen LogP contribution in [-0.2, 0) is 5.41 Å². The molecule has 0 fully saturated rings. The summed E-state index contributed by atoms with van der Waals surface area (Å²) in [7, 11) is 0. The third kappa shape index (κ3) is 8.31. The lowest BCUT2D eigenvalue weighted by Crippen LogP contribution is -2.28. The van der Waals surface area contributed by atoms with Crippen molar-refractivity contribution in [2.45, 2.75) is 51.0 Å². The maximum Gasteiger partial charge on any atom is 0.0629 e. The van der Waals surface area contributed by atoms with Gasteiger partial charge in [0.05, 0.1) is 17.1 Å². The molecule has 11 aromatic carbocycles. The van der Waals surface area contributed by atoms with Crippen LogP contribution in [0.5, 0.6) is 0 Å². The first-order valence-electron chi connectivity index (χ1n) is 28.8. The lowest BCUT2D eigenvalue weighted by atomic mass is 9.77. The highest BCUT2D eigenvalue weighted by molar-refractivity contribution is 6.20. The van der Waals surface area contributed by atoms with Gasteiger partial charge in [-0.1, -0.05) is 246 Å². The van der Waals surface area contributed by atoms with Gasteiger partial charge in [0.1, 0.15) is 0 Å². The molecule has 2 heteroatoms. The number of nitrogens with zero attached hydrogens (tertiary/aromatic N) is 2. The Morgan fingerprint density at radius 2 is 0.926 bits per heavy atom. The van der Waals surface area contributed by atoms with Crippen molar-refractivity contribution < 1.29 is 0 Å². The zero-order valence-electron chi connectivity index (χ0n) is 46.3. The molecule has 81 heavy (non-hydrogen) atoms. The molecule has 0 N–H and O–H groups in total. The lowest BCUT2D eigenvalue weighted by molar-refractivity contribution is 0.591. The molecule has 3 aliphatic rings. The Morgan fingerprint density at radius 3 is 1.62 bits per heavy atom. The fourth-order valence-corrected chi connectivity index (χ4v) is 13.7. The SMILES string of the molecule is CC1C=C(c2c3ccccc3c(-c3ccc(-c4ccc(-c5ccc6c(c5)C5C=CC=CC5N6c5ccccc5)cc4)cc3)c3ccc(C(C)(C)C)cc23)C=CC1c1ccc(-c2ccc3c(c2)c2ccccc2n3-c2ccccc2)cc1. The third-order valence-corrected chi connectivity index (χ3v) is 17.8. The van der Waals surface area contributed by atoms with Crippen LogP contribution in [0.15, 0.2) is 279 Å². The van der Waals surface area contributed by atoms with Gasteiger partial charge in [-0.25, -0.2) is 0 Å².